The van der Waals surface area contributed by atoms with E-state index in [0.717, 1.165) is 16.8 Å². The summed E-state index contributed by atoms with van der Waals surface area (Å²) in [5.74, 6) is -0.647. The molecule has 0 radical (unpaired) electrons. The van der Waals surface area contributed by atoms with Gasteiger partial charge in [-0.3, -0.25) is 14.3 Å². The third kappa shape index (κ3) is 4.40. The molecule has 0 aliphatic rings. The van der Waals surface area contributed by atoms with Gasteiger partial charge in [0, 0.05) is 13.6 Å². The summed E-state index contributed by atoms with van der Waals surface area (Å²) >= 11 is 0. The number of rotatable bonds is 6. The van der Waals surface area contributed by atoms with E-state index in [4.69, 9.17) is 5.26 Å². The molecule has 2 heterocycles. The molecule has 0 atom stereocenters. The number of alkyl halides is 3. The minimum atomic E-state index is -4.61. The summed E-state index contributed by atoms with van der Waals surface area (Å²) in [4.78, 5) is 26.6. The van der Waals surface area contributed by atoms with Gasteiger partial charge in [0.05, 0.1) is 40.5 Å². The molecule has 0 spiro atoms. The Balaban J connectivity index is 1.97. The van der Waals surface area contributed by atoms with Crippen molar-refractivity contribution in [3.8, 4) is 28.8 Å². The molecule has 1 N–H and O–H groups in total. The van der Waals surface area contributed by atoms with E-state index in [1.807, 2.05) is 13.0 Å². The molecule has 4 aromatic rings. The molecule has 0 aliphatic heterocycles. The van der Waals surface area contributed by atoms with Crippen LogP contribution in [0.5, 0.6) is 0 Å². The maximum Gasteiger partial charge on any atom is 0.416 e. The van der Waals surface area contributed by atoms with Crippen molar-refractivity contribution in [3.63, 3.8) is 0 Å². The molecule has 184 valence electrons. The van der Waals surface area contributed by atoms with Crippen LogP contribution >= 0.6 is 0 Å². The predicted octanol–water partition coefficient (Wildman–Crippen LogP) is 4.06. The average Bonchev–Trinajstić information content (AvgIpc) is 3.44. The molecule has 0 saturated heterocycles. The van der Waals surface area contributed by atoms with Gasteiger partial charge < -0.3 is 5.32 Å². The topological polar surface area (TPSA) is 97.6 Å². The number of hydrogen-bond acceptors (Lipinski definition) is 4. The number of nitriles is 1. The van der Waals surface area contributed by atoms with Crippen molar-refractivity contribution in [2.75, 3.05) is 6.54 Å². The number of aromatic nitrogens is 4. The Labute approximate surface area is 203 Å². The molecule has 0 unspecified atom stereocenters. The highest BCUT2D eigenvalue weighted by Gasteiger charge is 2.32. The summed E-state index contributed by atoms with van der Waals surface area (Å²) in [5.41, 5.74) is -0.415. The van der Waals surface area contributed by atoms with E-state index in [1.54, 1.807) is 30.3 Å². The van der Waals surface area contributed by atoms with Gasteiger partial charge in [-0.1, -0.05) is 13.0 Å². The fourth-order valence-corrected chi connectivity index (χ4v) is 3.90. The maximum atomic E-state index is 13.5. The molecular formula is C25H21F3N6O2. The fourth-order valence-electron chi connectivity index (χ4n) is 3.90. The lowest BCUT2D eigenvalue weighted by molar-refractivity contribution is -0.137. The highest BCUT2D eigenvalue weighted by atomic mass is 19.4. The summed E-state index contributed by atoms with van der Waals surface area (Å²) in [6, 6.07) is 14.5. The Kier molecular flexibility index (Phi) is 6.53. The Hall–Kier alpha value is -4.59. The van der Waals surface area contributed by atoms with Gasteiger partial charge in [0.1, 0.15) is 11.3 Å². The van der Waals surface area contributed by atoms with Gasteiger partial charge in [-0.25, -0.2) is 9.36 Å². The second kappa shape index (κ2) is 9.58. The van der Waals surface area contributed by atoms with Crippen LogP contribution in [-0.4, -0.2) is 31.6 Å². The van der Waals surface area contributed by atoms with Crippen LogP contribution in [0.1, 0.15) is 34.8 Å². The van der Waals surface area contributed by atoms with Crippen LogP contribution in [0.25, 0.3) is 22.8 Å². The first-order chi connectivity index (χ1) is 17.2. The second-order valence-corrected chi connectivity index (χ2v) is 7.96. The van der Waals surface area contributed by atoms with Gasteiger partial charge in [0.25, 0.3) is 11.5 Å². The van der Waals surface area contributed by atoms with E-state index in [-0.39, 0.29) is 16.9 Å². The number of hydrogen-bond donors (Lipinski definition) is 1. The molecule has 0 saturated carbocycles. The normalized spacial score (nSPS) is 11.3. The number of benzene rings is 2. The Morgan fingerprint density at radius 2 is 1.83 bits per heavy atom. The summed E-state index contributed by atoms with van der Waals surface area (Å²) in [5, 5.41) is 16.1. The highest BCUT2D eigenvalue weighted by Crippen LogP contribution is 2.31. The van der Waals surface area contributed by atoms with Crippen molar-refractivity contribution >= 4 is 5.91 Å². The summed E-state index contributed by atoms with van der Waals surface area (Å²) in [6.45, 7) is 2.16. The molecular weight excluding hydrogens is 473 g/mol. The third-order valence-corrected chi connectivity index (χ3v) is 5.57. The molecule has 2 aromatic carbocycles. The number of carbonyl (C=O) groups excluding carboxylic acids is 1. The lowest BCUT2D eigenvalue weighted by Gasteiger charge is -2.14. The van der Waals surface area contributed by atoms with Crippen molar-refractivity contribution < 1.29 is 18.0 Å². The number of carbonyl (C=O) groups is 1. The van der Waals surface area contributed by atoms with Crippen LogP contribution in [0.3, 0.4) is 0 Å². The molecule has 11 heteroatoms. The van der Waals surface area contributed by atoms with E-state index in [1.165, 1.54) is 34.7 Å². The van der Waals surface area contributed by atoms with Gasteiger partial charge in [-0.05, 0) is 55.0 Å². The van der Waals surface area contributed by atoms with E-state index in [2.05, 4.69) is 10.4 Å². The highest BCUT2D eigenvalue weighted by molar-refractivity contribution is 5.99. The zero-order valence-electron chi connectivity index (χ0n) is 19.4. The first kappa shape index (κ1) is 24.5. The lowest BCUT2D eigenvalue weighted by atomic mass is 10.1. The molecule has 0 aliphatic carbocycles. The van der Waals surface area contributed by atoms with Crippen LogP contribution in [0.4, 0.5) is 13.2 Å². The smallest absolute Gasteiger partial charge is 0.352 e. The van der Waals surface area contributed by atoms with Gasteiger partial charge in [0.2, 0.25) is 0 Å². The molecule has 36 heavy (non-hydrogen) atoms. The van der Waals surface area contributed by atoms with Crippen LogP contribution < -0.4 is 10.9 Å². The van der Waals surface area contributed by atoms with Crippen molar-refractivity contribution in [2.45, 2.75) is 19.5 Å². The van der Waals surface area contributed by atoms with Crippen molar-refractivity contribution in [1.29, 1.82) is 5.26 Å². The standard InChI is InChI=1S/C25H21F3N6O2/c1-3-12-30-23(35)21-22(20-11-13-31-33(20)18-9-7-16(15-29)8-10-18)32(2)34(24(21)36)19-6-4-5-17(14-19)25(26,27)28/h4-11,13-14H,3,12H2,1-2H3,(H,30,35). The van der Waals surface area contributed by atoms with Gasteiger partial charge in [-0.15, -0.1) is 0 Å². The summed E-state index contributed by atoms with van der Waals surface area (Å²) in [7, 11) is 1.49. The van der Waals surface area contributed by atoms with E-state index in [0.29, 0.717) is 29.9 Å². The maximum absolute atomic E-state index is 13.5. The SMILES string of the molecule is CCCNC(=O)c1c(-c2ccnn2-c2ccc(C#N)cc2)n(C)n(-c2cccc(C(F)(F)F)c2)c1=O. The van der Waals surface area contributed by atoms with E-state index in [9.17, 15) is 22.8 Å². The van der Waals surface area contributed by atoms with Gasteiger partial charge in [0.15, 0.2) is 0 Å². The van der Waals surface area contributed by atoms with Crippen LogP contribution in [0.2, 0.25) is 0 Å². The number of nitrogens with one attached hydrogen (secondary N) is 1. The Morgan fingerprint density at radius 3 is 2.47 bits per heavy atom. The van der Waals surface area contributed by atoms with Crippen LogP contribution in [0, 0.1) is 11.3 Å². The van der Waals surface area contributed by atoms with Crippen molar-refractivity contribution in [3.05, 3.63) is 87.8 Å². The fraction of sp³-hybridized carbons (Fsp3) is 0.200. The number of nitrogens with zero attached hydrogens (tertiary/aromatic N) is 5. The average molecular weight is 494 g/mol. The minimum Gasteiger partial charge on any atom is -0.352 e. The van der Waals surface area contributed by atoms with Crippen LogP contribution in [0.15, 0.2) is 65.6 Å². The molecule has 4 rings (SSSR count). The zero-order chi connectivity index (χ0) is 26.0. The van der Waals surface area contributed by atoms with Crippen molar-refractivity contribution in [2.24, 2.45) is 7.05 Å². The molecule has 8 nitrogen and oxygen atoms in total. The van der Waals surface area contributed by atoms with Crippen molar-refractivity contribution in [1.82, 2.24) is 24.5 Å². The molecule has 0 fully saturated rings. The van der Waals surface area contributed by atoms with Crippen LogP contribution in [-0.2, 0) is 13.2 Å². The largest absolute Gasteiger partial charge is 0.416 e. The number of halogens is 3. The van der Waals surface area contributed by atoms with Gasteiger partial charge in [-0.2, -0.15) is 23.5 Å². The zero-order valence-corrected chi connectivity index (χ0v) is 19.4. The summed E-state index contributed by atoms with van der Waals surface area (Å²) in [6.07, 6.45) is -2.50. The second-order valence-electron chi connectivity index (χ2n) is 7.96. The Bertz CT molecular complexity index is 1520. The first-order valence-electron chi connectivity index (χ1n) is 11.0. The quantitative estimate of drug-likeness (QED) is 0.437. The minimum absolute atomic E-state index is 0.0439. The molecule has 2 aromatic heterocycles. The number of amides is 1. The van der Waals surface area contributed by atoms with E-state index < -0.39 is 23.2 Å². The van der Waals surface area contributed by atoms with E-state index >= 15 is 0 Å². The lowest BCUT2D eigenvalue weighted by Crippen LogP contribution is -2.30. The summed E-state index contributed by atoms with van der Waals surface area (Å²) < 4.78 is 44.0. The third-order valence-electron chi connectivity index (χ3n) is 5.57. The monoisotopic (exact) mass is 494 g/mol. The predicted molar refractivity (Wildman–Crippen MR) is 126 cm³/mol. The molecule has 0 bridgehead atoms. The Morgan fingerprint density at radius 1 is 1.11 bits per heavy atom. The molecule has 1 amide bonds. The first-order valence-corrected chi connectivity index (χ1v) is 11.0. The van der Waals surface area contributed by atoms with Gasteiger partial charge >= 0.3 is 6.18 Å².